The molecule has 0 saturated heterocycles. The van der Waals surface area contributed by atoms with Crippen LogP contribution in [-0.2, 0) is 5.60 Å². The minimum Gasteiger partial charge on any atom is -0.376 e. The van der Waals surface area contributed by atoms with Crippen LogP contribution in [0.15, 0.2) is 10.5 Å². The number of thioether (sulfide) groups is 1. The largest absolute Gasteiger partial charge is 0.422 e. The fourth-order valence-electron chi connectivity index (χ4n) is 1.15. The van der Waals surface area contributed by atoms with Crippen molar-refractivity contribution in [2.75, 3.05) is 5.75 Å². The Bertz CT molecular complexity index is 353. The van der Waals surface area contributed by atoms with Gasteiger partial charge in [-0.25, -0.2) is 4.98 Å². The minimum absolute atomic E-state index is 0.140. The second kappa shape index (κ2) is 4.93. The quantitative estimate of drug-likeness (QED) is 0.852. The summed E-state index contributed by atoms with van der Waals surface area (Å²) < 4.78 is 38.7. The number of hydrogen-bond acceptors (Lipinski definition) is 4. The van der Waals surface area contributed by atoms with E-state index in [1.807, 2.05) is 6.92 Å². The van der Waals surface area contributed by atoms with E-state index in [1.54, 1.807) is 0 Å². The van der Waals surface area contributed by atoms with Crippen molar-refractivity contribution in [1.82, 2.24) is 4.98 Å². The Balaban J connectivity index is 3.04. The summed E-state index contributed by atoms with van der Waals surface area (Å²) in [5.74, 6) is 0.740. The van der Waals surface area contributed by atoms with Crippen LogP contribution in [0, 0.1) is 0 Å². The Morgan fingerprint density at radius 3 is 2.50 bits per heavy atom. The van der Waals surface area contributed by atoms with Gasteiger partial charge in [-0.3, -0.25) is 0 Å². The van der Waals surface area contributed by atoms with Crippen molar-refractivity contribution in [3.05, 3.63) is 11.1 Å². The number of aromatic nitrogens is 1. The Morgan fingerprint density at radius 2 is 2.06 bits per heavy atom. The highest BCUT2D eigenvalue weighted by Gasteiger charge is 2.54. The van der Waals surface area contributed by atoms with E-state index >= 15 is 0 Å². The predicted molar refractivity (Wildman–Crippen MR) is 58.8 cm³/mol. The Morgan fingerprint density at radius 1 is 1.44 bits per heavy atom. The van der Waals surface area contributed by atoms with Crippen LogP contribution in [0.3, 0.4) is 0 Å². The molecular weight excluding hydrogens is 259 g/mol. The van der Waals surface area contributed by atoms with Crippen LogP contribution in [-0.4, -0.2) is 22.0 Å². The van der Waals surface area contributed by atoms with Crippen molar-refractivity contribution >= 4 is 23.1 Å². The van der Waals surface area contributed by atoms with E-state index in [0.717, 1.165) is 23.3 Å². The molecule has 0 fully saturated rings. The fourth-order valence-corrected chi connectivity index (χ4v) is 3.21. The van der Waals surface area contributed by atoms with Crippen LogP contribution < -0.4 is 0 Å². The fraction of sp³-hybridized carbons (Fsp3) is 0.667. The summed E-state index contributed by atoms with van der Waals surface area (Å²) in [7, 11) is 0. The molecule has 1 aromatic heterocycles. The summed E-state index contributed by atoms with van der Waals surface area (Å²) in [6, 6.07) is 0. The molecule has 1 unspecified atom stereocenters. The molecule has 1 aromatic rings. The molecular formula is C9H12F3NOS2. The first kappa shape index (κ1) is 13.8. The maximum Gasteiger partial charge on any atom is 0.422 e. The summed E-state index contributed by atoms with van der Waals surface area (Å²) in [6.07, 6.45) is -3.96. The lowest BCUT2D eigenvalue weighted by atomic mass is 9.99. The molecule has 0 aromatic carbocycles. The molecule has 0 amide bonds. The number of halogens is 3. The molecule has 0 saturated carbocycles. The van der Waals surface area contributed by atoms with Gasteiger partial charge in [0.15, 0.2) is 5.60 Å². The number of hydrogen-bond donors (Lipinski definition) is 1. The summed E-state index contributed by atoms with van der Waals surface area (Å²) >= 11 is 2.26. The molecule has 0 aliphatic heterocycles. The Labute approximate surface area is 99.9 Å². The molecule has 16 heavy (non-hydrogen) atoms. The van der Waals surface area contributed by atoms with E-state index in [0.29, 0.717) is 4.34 Å². The molecule has 92 valence electrons. The monoisotopic (exact) mass is 271 g/mol. The topological polar surface area (TPSA) is 33.1 Å². The van der Waals surface area contributed by atoms with Crippen molar-refractivity contribution in [2.45, 2.75) is 36.4 Å². The lowest BCUT2D eigenvalue weighted by Crippen LogP contribution is -2.40. The summed E-state index contributed by atoms with van der Waals surface area (Å²) in [4.78, 5) is 3.71. The third-order valence-electron chi connectivity index (χ3n) is 2.14. The molecule has 0 bridgehead atoms. The SMILES string of the molecule is CCSc1ncc(C(O)(CC)C(F)(F)F)s1. The van der Waals surface area contributed by atoms with E-state index < -0.39 is 18.2 Å². The Hall–Kier alpha value is -0.270. The zero-order chi connectivity index (χ0) is 12.4. The van der Waals surface area contributed by atoms with Gasteiger partial charge in [0.05, 0.1) is 4.88 Å². The normalized spacial score (nSPS) is 16.1. The molecule has 1 atom stereocenters. The molecule has 0 radical (unpaired) electrons. The van der Waals surface area contributed by atoms with Crippen molar-refractivity contribution in [3.63, 3.8) is 0 Å². The van der Waals surface area contributed by atoms with E-state index in [4.69, 9.17) is 0 Å². The van der Waals surface area contributed by atoms with E-state index in [-0.39, 0.29) is 4.88 Å². The van der Waals surface area contributed by atoms with Gasteiger partial charge in [0, 0.05) is 6.20 Å². The van der Waals surface area contributed by atoms with Gasteiger partial charge in [0.2, 0.25) is 0 Å². The van der Waals surface area contributed by atoms with Crippen LogP contribution in [0.4, 0.5) is 13.2 Å². The first-order valence-corrected chi connectivity index (χ1v) is 6.53. The lowest BCUT2D eigenvalue weighted by molar-refractivity contribution is -0.266. The van der Waals surface area contributed by atoms with Gasteiger partial charge in [-0.15, -0.1) is 11.3 Å². The summed E-state index contributed by atoms with van der Waals surface area (Å²) in [5.41, 5.74) is -2.77. The highest BCUT2D eigenvalue weighted by molar-refractivity contribution is 8.01. The van der Waals surface area contributed by atoms with Gasteiger partial charge < -0.3 is 5.11 Å². The maximum absolute atomic E-state index is 12.7. The van der Waals surface area contributed by atoms with Gasteiger partial charge in [0.1, 0.15) is 4.34 Å². The van der Waals surface area contributed by atoms with Crippen molar-refractivity contribution in [1.29, 1.82) is 0 Å². The van der Waals surface area contributed by atoms with E-state index in [2.05, 4.69) is 4.98 Å². The van der Waals surface area contributed by atoms with E-state index in [1.165, 1.54) is 18.7 Å². The molecule has 2 nitrogen and oxygen atoms in total. The van der Waals surface area contributed by atoms with Gasteiger partial charge >= 0.3 is 6.18 Å². The zero-order valence-electron chi connectivity index (χ0n) is 8.84. The average molecular weight is 271 g/mol. The van der Waals surface area contributed by atoms with Crippen LogP contribution >= 0.6 is 23.1 Å². The number of rotatable bonds is 4. The third kappa shape index (κ3) is 2.52. The number of thiazole rings is 1. The van der Waals surface area contributed by atoms with Crippen molar-refractivity contribution < 1.29 is 18.3 Å². The summed E-state index contributed by atoms with van der Waals surface area (Å²) in [6.45, 7) is 3.20. The standard InChI is InChI=1S/C9H12F3NOS2/c1-3-8(14,9(10,11)12)6-5-13-7(16-6)15-4-2/h5,14H,3-4H2,1-2H3. The molecule has 1 heterocycles. The van der Waals surface area contributed by atoms with Crippen LogP contribution in [0.5, 0.6) is 0 Å². The number of alkyl halides is 3. The second-order valence-corrected chi connectivity index (χ2v) is 5.68. The molecule has 1 N–H and O–H groups in total. The Kier molecular flexibility index (Phi) is 4.25. The first-order valence-electron chi connectivity index (χ1n) is 4.73. The lowest BCUT2D eigenvalue weighted by Gasteiger charge is -2.27. The van der Waals surface area contributed by atoms with Crippen molar-refractivity contribution in [3.8, 4) is 0 Å². The van der Waals surface area contributed by atoms with Gasteiger partial charge in [-0.2, -0.15) is 13.2 Å². The van der Waals surface area contributed by atoms with Crippen molar-refractivity contribution in [2.24, 2.45) is 0 Å². The summed E-state index contributed by atoms with van der Waals surface area (Å²) in [5, 5.41) is 9.65. The molecule has 7 heteroatoms. The smallest absolute Gasteiger partial charge is 0.376 e. The first-order chi connectivity index (χ1) is 7.35. The predicted octanol–water partition coefficient (Wildman–Crippen LogP) is 3.42. The minimum atomic E-state index is -4.66. The van der Waals surface area contributed by atoms with Crippen LogP contribution in [0.2, 0.25) is 0 Å². The maximum atomic E-state index is 12.7. The van der Waals surface area contributed by atoms with Gasteiger partial charge in [0.25, 0.3) is 0 Å². The van der Waals surface area contributed by atoms with E-state index in [9.17, 15) is 18.3 Å². The van der Waals surface area contributed by atoms with Gasteiger partial charge in [-0.1, -0.05) is 25.6 Å². The average Bonchev–Trinajstić information content (AvgIpc) is 2.64. The number of aliphatic hydroxyl groups is 1. The molecule has 0 aliphatic carbocycles. The third-order valence-corrected chi connectivity index (χ3v) is 4.33. The highest BCUT2D eigenvalue weighted by Crippen LogP contribution is 2.44. The molecule has 1 rings (SSSR count). The zero-order valence-corrected chi connectivity index (χ0v) is 10.5. The number of nitrogens with zero attached hydrogens (tertiary/aromatic N) is 1. The molecule has 0 spiro atoms. The second-order valence-electron chi connectivity index (χ2n) is 3.14. The van der Waals surface area contributed by atoms with Crippen LogP contribution in [0.25, 0.3) is 0 Å². The highest BCUT2D eigenvalue weighted by atomic mass is 32.2. The van der Waals surface area contributed by atoms with Crippen LogP contribution in [0.1, 0.15) is 25.1 Å². The molecule has 0 aliphatic rings. The van der Waals surface area contributed by atoms with Gasteiger partial charge in [-0.05, 0) is 12.2 Å².